The second kappa shape index (κ2) is 4.24. The van der Waals surface area contributed by atoms with Crippen molar-refractivity contribution in [3.05, 3.63) is 0 Å². The molecule has 60 valence electrons. The standard InChI is InChI=1S/C8H16OS/c1-3-7(2)5-10-6-8-4-9-8/h7-8H,3-6H2,1-2H3/t7?,8-/m1/s1. The van der Waals surface area contributed by atoms with Gasteiger partial charge >= 0.3 is 0 Å². The lowest BCUT2D eigenvalue weighted by atomic mass is 10.2. The van der Waals surface area contributed by atoms with E-state index in [2.05, 4.69) is 13.8 Å². The molecule has 1 heterocycles. The van der Waals surface area contributed by atoms with Gasteiger partial charge in [-0.2, -0.15) is 11.8 Å². The van der Waals surface area contributed by atoms with Gasteiger partial charge in [-0.1, -0.05) is 20.3 Å². The van der Waals surface area contributed by atoms with Crippen LogP contribution in [-0.2, 0) is 4.74 Å². The fraction of sp³-hybridized carbons (Fsp3) is 1.00. The Bertz CT molecular complexity index is 91.3. The molecule has 0 aromatic rings. The third-order valence-electron chi connectivity index (χ3n) is 1.81. The molecule has 2 atom stereocenters. The van der Waals surface area contributed by atoms with E-state index in [0.29, 0.717) is 6.10 Å². The van der Waals surface area contributed by atoms with Crippen LogP contribution < -0.4 is 0 Å². The molecule has 1 rings (SSSR count). The lowest BCUT2D eigenvalue weighted by Crippen LogP contribution is -1.98. The molecule has 0 bridgehead atoms. The molecule has 1 aliphatic heterocycles. The van der Waals surface area contributed by atoms with Crippen molar-refractivity contribution < 1.29 is 4.74 Å². The Morgan fingerprint density at radius 1 is 1.70 bits per heavy atom. The predicted octanol–water partition coefficient (Wildman–Crippen LogP) is 2.16. The van der Waals surface area contributed by atoms with Gasteiger partial charge in [0, 0.05) is 5.75 Å². The van der Waals surface area contributed by atoms with E-state index < -0.39 is 0 Å². The van der Waals surface area contributed by atoms with Gasteiger partial charge in [-0.05, 0) is 11.7 Å². The van der Waals surface area contributed by atoms with Crippen LogP contribution in [0.5, 0.6) is 0 Å². The Kier molecular flexibility index (Phi) is 3.57. The van der Waals surface area contributed by atoms with E-state index in [-0.39, 0.29) is 0 Å². The maximum absolute atomic E-state index is 5.10. The first-order valence-corrected chi connectivity index (χ1v) is 5.17. The number of ether oxygens (including phenoxy) is 1. The minimum absolute atomic E-state index is 0.606. The van der Waals surface area contributed by atoms with Gasteiger partial charge in [-0.15, -0.1) is 0 Å². The molecule has 1 aliphatic rings. The second-order valence-electron chi connectivity index (χ2n) is 3.01. The lowest BCUT2D eigenvalue weighted by molar-refractivity contribution is 0.426. The average Bonchev–Trinajstić information content (AvgIpc) is 2.71. The highest BCUT2D eigenvalue weighted by Crippen LogP contribution is 2.18. The summed E-state index contributed by atoms with van der Waals surface area (Å²) in [6.45, 7) is 5.56. The van der Waals surface area contributed by atoms with Gasteiger partial charge in [-0.3, -0.25) is 0 Å². The summed E-state index contributed by atoms with van der Waals surface area (Å²) in [6.07, 6.45) is 1.91. The summed E-state index contributed by atoms with van der Waals surface area (Å²) >= 11 is 2.03. The monoisotopic (exact) mass is 160 g/mol. The van der Waals surface area contributed by atoms with Gasteiger partial charge < -0.3 is 4.74 Å². The van der Waals surface area contributed by atoms with Crippen LogP contribution in [0.15, 0.2) is 0 Å². The van der Waals surface area contributed by atoms with Gasteiger partial charge in [0.15, 0.2) is 0 Å². The maximum atomic E-state index is 5.10. The van der Waals surface area contributed by atoms with Crippen molar-refractivity contribution in [1.82, 2.24) is 0 Å². The molecule has 10 heavy (non-hydrogen) atoms. The molecule has 1 fully saturated rings. The van der Waals surface area contributed by atoms with Gasteiger partial charge in [0.2, 0.25) is 0 Å². The molecule has 0 aromatic heterocycles. The summed E-state index contributed by atoms with van der Waals surface area (Å²) in [5.74, 6) is 3.39. The van der Waals surface area contributed by atoms with Gasteiger partial charge in [-0.25, -0.2) is 0 Å². The third kappa shape index (κ3) is 3.47. The fourth-order valence-electron chi connectivity index (χ4n) is 0.683. The van der Waals surface area contributed by atoms with Crippen molar-refractivity contribution in [1.29, 1.82) is 0 Å². The van der Waals surface area contributed by atoms with Crippen LogP contribution in [0.4, 0.5) is 0 Å². The maximum Gasteiger partial charge on any atom is 0.0900 e. The number of rotatable bonds is 5. The number of hydrogen-bond donors (Lipinski definition) is 0. The van der Waals surface area contributed by atoms with Crippen LogP contribution in [0.1, 0.15) is 20.3 Å². The topological polar surface area (TPSA) is 12.5 Å². The molecule has 0 amide bonds. The summed E-state index contributed by atoms with van der Waals surface area (Å²) in [4.78, 5) is 0. The molecule has 0 N–H and O–H groups in total. The zero-order valence-electron chi connectivity index (χ0n) is 6.80. The number of epoxide rings is 1. The molecule has 1 unspecified atom stereocenters. The van der Waals surface area contributed by atoms with E-state index in [1.165, 1.54) is 17.9 Å². The largest absolute Gasteiger partial charge is 0.372 e. The van der Waals surface area contributed by atoms with Crippen molar-refractivity contribution in [2.45, 2.75) is 26.4 Å². The summed E-state index contributed by atoms with van der Waals surface area (Å²) in [6, 6.07) is 0. The van der Waals surface area contributed by atoms with Crippen LogP contribution in [0, 0.1) is 5.92 Å². The van der Waals surface area contributed by atoms with E-state index in [4.69, 9.17) is 4.74 Å². The number of hydrogen-bond acceptors (Lipinski definition) is 2. The summed E-state index contributed by atoms with van der Waals surface area (Å²) in [5.41, 5.74) is 0. The Morgan fingerprint density at radius 3 is 2.90 bits per heavy atom. The SMILES string of the molecule is CCC(C)CSC[C@H]1CO1. The molecule has 0 aromatic carbocycles. The quantitative estimate of drug-likeness (QED) is 0.571. The smallest absolute Gasteiger partial charge is 0.0900 e. The molecule has 0 aliphatic carbocycles. The summed E-state index contributed by atoms with van der Waals surface area (Å²) in [7, 11) is 0. The van der Waals surface area contributed by atoms with Crippen molar-refractivity contribution in [2.24, 2.45) is 5.92 Å². The zero-order chi connectivity index (χ0) is 7.40. The average molecular weight is 160 g/mol. The Morgan fingerprint density at radius 2 is 2.40 bits per heavy atom. The van der Waals surface area contributed by atoms with Gasteiger partial charge in [0.25, 0.3) is 0 Å². The zero-order valence-corrected chi connectivity index (χ0v) is 7.62. The molecular weight excluding hydrogens is 144 g/mol. The Balaban J connectivity index is 1.83. The molecule has 1 nitrogen and oxygen atoms in total. The highest BCUT2D eigenvalue weighted by Gasteiger charge is 2.21. The first-order valence-electron chi connectivity index (χ1n) is 4.02. The highest BCUT2D eigenvalue weighted by molar-refractivity contribution is 7.99. The van der Waals surface area contributed by atoms with Gasteiger partial charge in [0.05, 0.1) is 12.7 Å². The minimum Gasteiger partial charge on any atom is -0.372 e. The minimum atomic E-state index is 0.606. The van der Waals surface area contributed by atoms with Crippen LogP contribution in [-0.4, -0.2) is 24.2 Å². The van der Waals surface area contributed by atoms with E-state index in [1.807, 2.05) is 11.8 Å². The fourth-order valence-corrected chi connectivity index (χ4v) is 1.91. The Labute approximate surface area is 67.5 Å². The first-order chi connectivity index (χ1) is 4.83. The highest BCUT2D eigenvalue weighted by atomic mass is 32.2. The molecule has 0 radical (unpaired) electrons. The van der Waals surface area contributed by atoms with Crippen LogP contribution in [0.3, 0.4) is 0 Å². The van der Waals surface area contributed by atoms with Crippen molar-refractivity contribution in [2.75, 3.05) is 18.1 Å². The van der Waals surface area contributed by atoms with Crippen LogP contribution in [0.25, 0.3) is 0 Å². The molecule has 0 saturated carbocycles. The van der Waals surface area contributed by atoms with E-state index >= 15 is 0 Å². The third-order valence-corrected chi connectivity index (χ3v) is 3.22. The van der Waals surface area contributed by atoms with Crippen molar-refractivity contribution in [3.8, 4) is 0 Å². The molecule has 1 saturated heterocycles. The van der Waals surface area contributed by atoms with Crippen molar-refractivity contribution in [3.63, 3.8) is 0 Å². The number of thioether (sulfide) groups is 1. The van der Waals surface area contributed by atoms with Crippen LogP contribution in [0.2, 0.25) is 0 Å². The van der Waals surface area contributed by atoms with E-state index in [1.54, 1.807) is 0 Å². The van der Waals surface area contributed by atoms with Gasteiger partial charge in [0.1, 0.15) is 0 Å². The van der Waals surface area contributed by atoms with E-state index in [9.17, 15) is 0 Å². The molecular formula is C8H16OS. The first kappa shape index (κ1) is 8.41. The second-order valence-corrected chi connectivity index (χ2v) is 4.08. The van der Waals surface area contributed by atoms with E-state index in [0.717, 1.165) is 12.5 Å². The summed E-state index contributed by atoms with van der Waals surface area (Å²) < 4.78 is 5.10. The molecule has 0 spiro atoms. The molecule has 2 heteroatoms. The normalized spacial score (nSPS) is 26.4. The predicted molar refractivity (Wildman–Crippen MR) is 46.5 cm³/mol. The summed E-state index contributed by atoms with van der Waals surface area (Å²) in [5, 5.41) is 0. The van der Waals surface area contributed by atoms with Crippen LogP contribution >= 0.6 is 11.8 Å². The van der Waals surface area contributed by atoms with Crippen molar-refractivity contribution >= 4 is 11.8 Å². The lowest BCUT2D eigenvalue weighted by Gasteiger charge is -2.05. The Hall–Kier alpha value is 0.310.